The number of methoxy groups -OCH3 is 2. The third-order valence-corrected chi connectivity index (χ3v) is 5.77. The van der Waals surface area contributed by atoms with Crippen molar-refractivity contribution in [1.29, 1.82) is 0 Å². The van der Waals surface area contributed by atoms with E-state index in [-0.39, 0.29) is 11.9 Å². The van der Waals surface area contributed by atoms with Crippen molar-refractivity contribution < 1.29 is 19.0 Å². The molecule has 4 rings (SSSR count). The molecule has 0 aliphatic carbocycles. The summed E-state index contributed by atoms with van der Waals surface area (Å²) in [6, 6.07) is 11.6. The lowest BCUT2D eigenvalue weighted by Crippen LogP contribution is -2.29. The zero-order valence-corrected chi connectivity index (χ0v) is 17.3. The maximum atomic E-state index is 12.9. The Morgan fingerprint density at radius 3 is 2.59 bits per heavy atom. The number of Topliss-reactive ketones (excluding diaryl/α,β-unsaturated/α-hetero) is 1. The first-order chi connectivity index (χ1) is 14.1. The number of benzene rings is 2. The Kier molecular flexibility index (Phi) is 5.62. The first kappa shape index (κ1) is 19.6. The van der Waals surface area contributed by atoms with Gasteiger partial charge in [0, 0.05) is 25.3 Å². The lowest BCUT2D eigenvalue weighted by molar-refractivity contribution is 0.0850. The molecule has 2 aliphatic rings. The van der Waals surface area contributed by atoms with Crippen molar-refractivity contribution in [2.24, 2.45) is 0 Å². The SMILES string of the molecule is COc1ccc(C2CC(=O)c3cc(N4CCCN(C)CC4)ccc3O2)cc1OC. The summed E-state index contributed by atoms with van der Waals surface area (Å²) in [6.07, 6.45) is 1.11. The molecule has 1 unspecified atom stereocenters. The van der Waals surface area contributed by atoms with Crippen LogP contribution in [0.1, 0.15) is 34.9 Å². The van der Waals surface area contributed by atoms with E-state index >= 15 is 0 Å². The van der Waals surface area contributed by atoms with Crippen molar-refractivity contribution >= 4 is 11.5 Å². The monoisotopic (exact) mass is 396 g/mol. The van der Waals surface area contributed by atoms with E-state index in [2.05, 4.69) is 22.9 Å². The van der Waals surface area contributed by atoms with E-state index in [1.54, 1.807) is 14.2 Å². The van der Waals surface area contributed by atoms with E-state index in [0.717, 1.165) is 43.9 Å². The van der Waals surface area contributed by atoms with E-state index in [1.165, 1.54) is 0 Å². The summed E-state index contributed by atoms with van der Waals surface area (Å²) in [5.41, 5.74) is 2.68. The predicted molar refractivity (Wildman–Crippen MR) is 113 cm³/mol. The highest BCUT2D eigenvalue weighted by Crippen LogP contribution is 2.39. The van der Waals surface area contributed by atoms with Crippen LogP contribution < -0.4 is 19.1 Å². The van der Waals surface area contributed by atoms with Gasteiger partial charge in [0.25, 0.3) is 0 Å². The number of rotatable bonds is 4. The Labute approximate surface area is 172 Å². The summed E-state index contributed by atoms with van der Waals surface area (Å²) in [5, 5.41) is 0. The van der Waals surface area contributed by atoms with E-state index in [0.29, 0.717) is 29.2 Å². The van der Waals surface area contributed by atoms with Crippen LogP contribution in [0.5, 0.6) is 17.2 Å². The smallest absolute Gasteiger partial charge is 0.170 e. The van der Waals surface area contributed by atoms with Gasteiger partial charge >= 0.3 is 0 Å². The number of nitrogens with zero attached hydrogens (tertiary/aromatic N) is 2. The minimum Gasteiger partial charge on any atom is -0.493 e. The molecule has 1 fully saturated rings. The number of hydrogen-bond donors (Lipinski definition) is 0. The van der Waals surface area contributed by atoms with Gasteiger partial charge in [-0.05, 0) is 55.9 Å². The first-order valence-corrected chi connectivity index (χ1v) is 10.1. The second-order valence-corrected chi connectivity index (χ2v) is 7.67. The van der Waals surface area contributed by atoms with E-state index in [1.807, 2.05) is 30.3 Å². The number of likely N-dealkylation sites (N-methyl/N-ethyl adjacent to an activating group) is 1. The molecule has 6 heteroatoms. The number of carbonyl (C=O) groups excluding carboxylic acids is 1. The molecule has 0 amide bonds. The number of ketones is 1. The Hall–Kier alpha value is -2.73. The largest absolute Gasteiger partial charge is 0.493 e. The summed E-state index contributed by atoms with van der Waals surface area (Å²) in [7, 11) is 5.36. The first-order valence-electron chi connectivity index (χ1n) is 10.1. The number of fused-ring (bicyclic) bond motifs is 1. The van der Waals surface area contributed by atoms with Gasteiger partial charge in [0.2, 0.25) is 0 Å². The van der Waals surface area contributed by atoms with Gasteiger partial charge in [-0.25, -0.2) is 0 Å². The highest BCUT2D eigenvalue weighted by atomic mass is 16.5. The third-order valence-electron chi connectivity index (χ3n) is 5.77. The Morgan fingerprint density at radius 1 is 0.966 bits per heavy atom. The molecule has 29 heavy (non-hydrogen) atoms. The number of carbonyl (C=O) groups is 1. The van der Waals surface area contributed by atoms with Crippen molar-refractivity contribution in [3.05, 3.63) is 47.5 Å². The van der Waals surface area contributed by atoms with Gasteiger partial charge < -0.3 is 24.0 Å². The topological polar surface area (TPSA) is 51.2 Å². The van der Waals surface area contributed by atoms with Gasteiger partial charge in [0.05, 0.1) is 26.2 Å². The third kappa shape index (κ3) is 4.03. The highest BCUT2D eigenvalue weighted by Gasteiger charge is 2.29. The molecule has 0 bridgehead atoms. The molecule has 1 atom stereocenters. The van der Waals surface area contributed by atoms with Crippen LogP contribution in [0.4, 0.5) is 5.69 Å². The fourth-order valence-electron chi connectivity index (χ4n) is 4.05. The maximum absolute atomic E-state index is 12.9. The van der Waals surface area contributed by atoms with Crippen LogP contribution >= 0.6 is 0 Å². The lowest BCUT2D eigenvalue weighted by atomic mass is 9.95. The van der Waals surface area contributed by atoms with Crippen molar-refractivity contribution in [3.8, 4) is 17.2 Å². The van der Waals surface area contributed by atoms with Gasteiger partial charge in [-0.2, -0.15) is 0 Å². The van der Waals surface area contributed by atoms with Crippen LogP contribution in [0.3, 0.4) is 0 Å². The van der Waals surface area contributed by atoms with Gasteiger partial charge in [-0.15, -0.1) is 0 Å². The Bertz CT molecular complexity index is 898. The van der Waals surface area contributed by atoms with Gasteiger partial charge in [0.15, 0.2) is 17.3 Å². The minimum atomic E-state index is -0.326. The Morgan fingerprint density at radius 2 is 1.79 bits per heavy atom. The van der Waals surface area contributed by atoms with Gasteiger partial charge in [0.1, 0.15) is 11.9 Å². The van der Waals surface area contributed by atoms with Crippen LogP contribution in [0.2, 0.25) is 0 Å². The van der Waals surface area contributed by atoms with E-state index in [9.17, 15) is 4.79 Å². The number of hydrogen-bond acceptors (Lipinski definition) is 6. The van der Waals surface area contributed by atoms with Gasteiger partial charge in [-0.3, -0.25) is 4.79 Å². The van der Waals surface area contributed by atoms with Gasteiger partial charge in [-0.1, -0.05) is 6.07 Å². The molecule has 154 valence electrons. The molecule has 2 aromatic carbocycles. The normalized spacial score (nSPS) is 19.9. The van der Waals surface area contributed by atoms with Crippen LogP contribution in [0.15, 0.2) is 36.4 Å². The van der Waals surface area contributed by atoms with E-state index in [4.69, 9.17) is 14.2 Å². The summed E-state index contributed by atoms with van der Waals surface area (Å²) >= 11 is 0. The second kappa shape index (κ2) is 8.33. The Balaban J connectivity index is 1.56. The molecule has 0 spiro atoms. The molecule has 1 saturated heterocycles. The van der Waals surface area contributed by atoms with Crippen LogP contribution in [-0.2, 0) is 0 Å². The minimum absolute atomic E-state index is 0.111. The fourth-order valence-corrected chi connectivity index (χ4v) is 4.05. The lowest BCUT2D eigenvalue weighted by Gasteiger charge is -2.28. The average molecular weight is 396 g/mol. The molecular weight excluding hydrogens is 368 g/mol. The molecule has 2 heterocycles. The highest BCUT2D eigenvalue weighted by molar-refractivity contribution is 6.01. The zero-order valence-electron chi connectivity index (χ0n) is 17.3. The summed E-state index contributed by atoms with van der Waals surface area (Å²) in [4.78, 5) is 17.6. The number of ether oxygens (including phenoxy) is 3. The maximum Gasteiger partial charge on any atom is 0.170 e. The molecule has 0 saturated carbocycles. The van der Waals surface area contributed by atoms with Crippen LogP contribution in [-0.4, -0.2) is 58.1 Å². The zero-order chi connectivity index (χ0) is 20.4. The van der Waals surface area contributed by atoms with Crippen LogP contribution in [0, 0.1) is 0 Å². The quantitative estimate of drug-likeness (QED) is 0.788. The van der Waals surface area contributed by atoms with Crippen molar-refractivity contribution in [1.82, 2.24) is 4.90 Å². The van der Waals surface area contributed by atoms with Crippen molar-refractivity contribution in [2.45, 2.75) is 18.9 Å². The van der Waals surface area contributed by atoms with Crippen LogP contribution in [0.25, 0.3) is 0 Å². The number of anilines is 1. The molecule has 2 aliphatic heterocycles. The predicted octanol–water partition coefficient (Wildman–Crippen LogP) is 3.55. The van der Waals surface area contributed by atoms with E-state index < -0.39 is 0 Å². The van der Waals surface area contributed by atoms with Crippen molar-refractivity contribution in [2.75, 3.05) is 52.3 Å². The summed E-state index contributed by atoms with van der Waals surface area (Å²) < 4.78 is 16.9. The molecule has 0 N–H and O–H groups in total. The summed E-state index contributed by atoms with van der Waals surface area (Å²) in [5.74, 6) is 2.05. The molecule has 0 aromatic heterocycles. The average Bonchev–Trinajstić information content (AvgIpc) is 2.97. The second-order valence-electron chi connectivity index (χ2n) is 7.67. The molecule has 6 nitrogen and oxygen atoms in total. The molecule has 2 aromatic rings. The summed E-state index contributed by atoms with van der Waals surface area (Å²) in [6.45, 7) is 4.12. The van der Waals surface area contributed by atoms with Crippen molar-refractivity contribution in [3.63, 3.8) is 0 Å². The molecular formula is C23H28N2O4. The standard InChI is InChI=1S/C23H28N2O4/c1-24-9-4-10-25(12-11-24)17-6-8-20-18(14-17)19(26)15-22(29-20)16-5-7-21(27-2)23(13-16)28-3/h5-8,13-14,22H,4,9-12,15H2,1-3H3. The fraction of sp³-hybridized carbons (Fsp3) is 0.435. The molecule has 0 radical (unpaired) electrons.